The molecular formula is C15H14O5. The van der Waals surface area contributed by atoms with E-state index in [1.165, 1.54) is 32.0 Å². The first-order chi connectivity index (χ1) is 9.35. The molecule has 0 aromatic heterocycles. The Hall–Kier alpha value is -2.69. The van der Waals surface area contributed by atoms with E-state index in [1.807, 2.05) is 0 Å². The molecule has 0 aliphatic rings. The summed E-state index contributed by atoms with van der Waals surface area (Å²) in [7, 11) is 0. The van der Waals surface area contributed by atoms with Crippen molar-refractivity contribution in [3.63, 3.8) is 0 Å². The van der Waals surface area contributed by atoms with Crippen molar-refractivity contribution < 1.29 is 23.9 Å². The van der Waals surface area contributed by atoms with Gasteiger partial charge >= 0.3 is 11.9 Å². The molecule has 0 saturated carbocycles. The van der Waals surface area contributed by atoms with Crippen LogP contribution in [0.15, 0.2) is 42.5 Å². The maximum Gasteiger partial charge on any atom is 0.338 e. The van der Waals surface area contributed by atoms with Crippen molar-refractivity contribution in [2.45, 2.75) is 13.8 Å². The second-order valence-electron chi connectivity index (χ2n) is 4.16. The Morgan fingerprint density at radius 3 is 2.10 bits per heavy atom. The minimum Gasteiger partial charge on any atom is -0.423 e. The van der Waals surface area contributed by atoms with Crippen LogP contribution in [0.2, 0.25) is 0 Å². The van der Waals surface area contributed by atoms with E-state index >= 15 is 0 Å². The Morgan fingerprint density at radius 2 is 1.60 bits per heavy atom. The highest BCUT2D eigenvalue weighted by Gasteiger charge is 2.13. The zero-order chi connectivity index (χ0) is 15.3. The van der Waals surface area contributed by atoms with Crippen molar-refractivity contribution in [1.82, 2.24) is 0 Å². The smallest absolute Gasteiger partial charge is 0.338 e. The third-order valence-electron chi connectivity index (χ3n) is 2.22. The first-order valence-electron chi connectivity index (χ1n) is 5.69. The van der Waals surface area contributed by atoms with Crippen LogP contribution in [0, 0.1) is 0 Å². The van der Waals surface area contributed by atoms with Crippen LogP contribution in [0.3, 0.4) is 0 Å². The molecule has 5 heteroatoms. The van der Waals surface area contributed by atoms with Crippen molar-refractivity contribution in [2.24, 2.45) is 0 Å². The van der Waals surface area contributed by atoms with Gasteiger partial charge in [0.05, 0.1) is 5.56 Å². The summed E-state index contributed by atoms with van der Waals surface area (Å²) in [6.07, 6.45) is 0.533. The molecule has 0 unspecified atom stereocenters. The molecule has 1 rings (SSSR count). The third kappa shape index (κ3) is 3.91. The second kappa shape index (κ2) is 6.47. The van der Waals surface area contributed by atoms with E-state index in [4.69, 9.17) is 9.47 Å². The number of hydrogen-bond acceptors (Lipinski definition) is 5. The molecule has 0 amide bonds. The van der Waals surface area contributed by atoms with E-state index in [1.54, 1.807) is 0 Å². The summed E-state index contributed by atoms with van der Waals surface area (Å²) in [5.74, 6) is -1.13. The third-order valence-corrected chi connectivity index (χ3v) is 2.22. The van der Waals surface area contributed by atoms with E-state index in [9.17, 15) is 14.4 Å². The maximum absolute atomic E-state index is 11.5. The molecule has 0 radical (unpaired) electrons. The molecule has 0 bridgehead atoms. The van der Waals surface area contributed by atoms with Gasteiger partial charge in [-0.2, -0.15) is 0 Å². The predicted octanol–water partition coefficient (Wildman–Crippen LogP) is 2.46. The Bertz CT molecular complexity index is 598. The number of carbonyl (C=O) groups is 3. The van der Waals surface area contributed by atoms with Crippen LogP contribution >= 0.6 is 0 Å². The van der Waals surface area contributed by atoms with Crippen molar-refractivity contribution in [3.05, 3.63) is 48.1 Å². The molecule has 104 valence electrons. The second-order valence-corrected chi connectivity index (χ2v) is 4.16. The van der Waals surface area contributed by atoms with Crippen molar-refractivity contribution in [2.75, 3.05) is 0 Å². The van der Waals surface area contributed by atoms with E-state index in [2.05, 4.69) is 13.2 Å². The topological polar surface area (TPSA) is 69.7 Å². The average Bonchev–Trinajstić information content (AvgIpc) is 2.38. The van der Waals surface area contributed by atoms with Crippen LogP contribution < -0.4 is 9.47 Å². The van der Waals surface area contributed by atoms with Gasteiger partial charge in [-0.15, -0.1) is 0 Å². The van der Waals surface area contributed by atoms with Crippen LogP contribution in [0.25, 0.3) is 0 Å². The maximum atomic E-state index is 11.5. The Labute approximate surface area is 116 Å². The fourth-order valence-electron chi connectivity index (χ4n) is 1.15. The van der Waals surface area contributed by atoms with Gasteiger partial charge in [0.15, 0.2) is 6.29 Å². The Kier molecular flexibility index (Phi) is 4.97. The van der Waals surface area contributed by atoms with Crippen LogP contribution in [0.4, 0.5) is 0 Å². The molecule has 0 heterocycles. The molecular weight excluding hydrogens is 260 g/mol. The van der Waals surface area contributed by atoms with Gasteiger partial charge in [0.1, 0.15) is 11.5 Å². The minimum absolute atomic E-state index is 0.0000142. The molecule has 1 aromatic rings. The highest BCUT2D eigenvalue weighted by Crippen LogP contribution is 2.25. The zero-order valence-corrected chi connectivity index (χ0v) is 11.3. The van der Waals surface area contributed by atoms with Crippen LogP contribution in [-0.4, -0.2) is 18.2 Å². The minimum atomic E-state index is -0.670. The number of carbonyl (C=O) groups excluding carboxylic acids is 3. The molecule has 0 fully saturated rings. The fourth-order valence-corrected chi connectivity index (χ4v) is 1.15. The summed E-state index contributed by atoms with van der Waals surface area (Å²) in [5, 5.41) is 0. The summed E-state index contributed by atoms with van der Waals surface area (Å²) < 4.78 is 9.99. The van der Waals surface area contributed by atoms with Crippen LogP contribution in [-0.2, 0) is 9.59 Å². The molecule has 0 aliphatic heterocycles. The number of ether oxygens (including phenoxy) is 2. The number of aldehydes is 1. The number of rotatable bonds is 5. The molecule has 5 nitrogen and oxygen atoms in total. The number of hydrogen-bond donors (Lipinski definition) is 0. The highest BCUT2D eigenvalue weighted by molar-refractivity contribution is 5.91. The van der Waals surface area contributed by atoms with Crippen molar-refractivity contribution >= 4 is 18.2 Å². The first-order valence-corrected chi connectivity index (χ1v) is 5.69. The van der Waals surface area contributed by atoms with Gasteiger partial charge in [-0.3, -0.25) is 4.79 Å². The van der Waals surface area contributed by atoms with Crippen molar-refractivity contribution in [1.29, 1.82) is 0 Å². The van der Waals surface area contributed by atoms with Crippen LogP contribution in [0.5, 0.6) is 11.5 Å². The van der Waals surface area contributed by atoms with Gasteiger partial charge in [0.25, 0.3) is 0 Å². The summed E-state index contributed by atoms with van der Waals surface area (Å²) in [6, 6.07) is 4.09. The van der Waals surface area contributed by atoms with E-state index in [-0.39, 0.29) is 28.2 Å². The van der Waals surface area contributed by atoms with Crippen molar-refractivity contribution in [3.8, 4) is 11.5 Å². The van der Waals surface area contributed by atoms with Gasteiger partial charge in [-0.05, 0) is 26.0 Å². The van der Waals surface area contributed by atoms with Gasteiger partial charge in [0.2, 0.25) is 0 Å². The Morgan fingerprint density at radius 1 is 1.05 bits per heavy atom. The lowest BCUT2D eigenvalue weighted by Crippen LogP contribution is -2.11. The van der Waals surface area contributed by atoms with Crippen LogP contribution in [0.1, 0.15) is 24.2 Å². The van der Waals surface area contributed by atoms with Gasteiger partial charge in [-0.1, -0.05) is 13.2 Å². The highest BCUT2D eigenvalue weighted by atomic mass is 16.5. The summed E-state index contributed by atoms with van der Waals surface area (Å²) >= 11 is 0. The molecule has 0 spiro atoms. The predicted molar refractivity (Wildman–Crippen MR) is 72.7 cm³/mol. The molecule has 20 heavy (non-hydrogen) atoms. The average molecular weight is 274 g/mol. The number of benzene rings is 1. The van der Waals surface area contributed by atoms with Gasteiger partial charge < -0.3 is 9.47 Å². The Balaban J connectivity index is 3.05. The molecule has 0 saturated heterocycles. The molecule has 0 atom stereocenters. The molecule has 0 aliphatic carbocycles. The quantitative estimate of drug-likeness (QED) is 0.357. The fraction of sp³-hybridized carbons (Fsp3) is 0.133. The standard InChI is InChI=1S/C15H14O5/c1-9(2)14(17)19-12-6-5-11(8-16)13(7-12)20-15(18)10(3)4/h5-8H,1,3H2,2,4H3. The first kappa shape index (κ1) is 15.4. The monoisotopic (exact) mass is 274 g/mol. The largest absolute Gasteiger partial charge is 0.423 e. The zero-order valence-electron chi connectivity index (χ0n) is 11.3. The van der Waals surface area contributed by atoms with Gasteiger partial charge in [-0.25, -0.2) is 9.59 Å². The summed E-state index contributed by atoms with van der Waals surface area (Å²) in [5.41, 5.74) is 0.575. The van der Waals surface area contributed by atoms with Gasteiger partial charge in [0, 0.05) is 17.2 Å². The SMILES string of the molecule is C=C(C)C(=O)Oc1ccc(C=O)c(OC(=O)C(=C)C)c1. The lowest BCUT2D eigenvalue weighted by molar-refractivity contribution is -0.130. The normalized spacial score (nSPS) is 9.50. The molecule has 0 N–H and O–H groups in total. The number of esters is 2. The van der Waals surface area contributed by atoms with E-state index < -0.39 is 11.9 Å². The van der Waals surface area contributed by atoms with E-state index in [0.717, 1.165) is 0 Å². The lowest BCUT2D eigenvalue weighted by Gasteiger charge is -2.09. The van der Waals surface area contributed by atoms with E-state index in [0.29, 0.717) is 6.29 Å². The summed E-state index contributed by atoms with van der Waals surface area (Å²) in [4.78, 5) is 33.7. The molecule has 1 aromatic carbocycles. The summed E-state index contributed by atoms with van der Waals surface area (Å²) in [6.45, 7) is 9.88. The lowest BCUT2D eigenvalue weighted by atomic mass is 10.2.